The first-order chi connectivity index (χ1) is 9.76. The van der Waals surface area contributed by atoms with Crippen LogP contribution in [0.25, 0.3) is 11.0 Å². The second-order valence-electron chi connectivity index (χ2n) is 6.05. The van der Waals surface area contributed by atoms with Crippen LogP contribution >= 0.6 is 0 Å². The Labute approximate surface area is 117 Å². The zero-order chi connectivity index (χ0) is 13.6. The molecule has 2 aromatic rings. The van der Waals surface area contributed by atoms with Crippen LogP contribution < -0.4 is 5.32 Å². The summed E-state index contributed by atoms with van der Waals surface area (Å²) in [6, 6.07) is 5.63. The Morgan fingerprint density at radius 3 is 3.00 bits per heavy atom. The smallest absolute Gasteiger partial charge is 0.272 e. The van der Waals surface area contributed by atoms with Crippen molar-refractivity contribution in [1.29, 1.82) is 0 Å². The number of nitrogens with one attached hydrogen (secondary N) is 2. The molecular formula is C15H18N4O. The van der Waals surface area contributed by atoms with Crippen molar-refractivity contribution < 1.29 is 4.79 Å². The van der Waals surface area contributed by atoms with Crippen LogP contribution in [0, 0.1) is 5.41 Å². The maximum atomic E-state index is 12.5. The first-order valence-electron chi connectivity index (χ1n) is 7.20. The largest absolute Gasteiger partial charge is 0.360 e. The Bertz CT molecular complexity index is 649. The van der Waals surface area contributed by atoms with E-state index in [0.717, 1.165) is 37.2 Å². The average molecular weight is 270 g/mol. The van der Waals surface area contributed by atoms with Gasteiger partial charge < -0.3 is 15.2 Å². The van der Waals surface area contributed by atoms with E-state index < -0.39 is 0 Å². The molecule has 4 heterocycles. The normalized spacial score (nSPS) is 21.1. The lowest BCUT2D eigenvalue weighted by Gasteiger charge is -2.52. The third-order valence-electron chi connectivity index (χ3n) is 4.52. The summed E-state index contributed by atoms with van der Waals surface area (Å²) >= 11 is 0. The van der Waals surface area contributed by atoms with E-state index in [1.54, 1.807) is 0 Å². The third kappa shape index (κ3) is 1.81. The molecule has 2 aliphatic heterocycles. The van der Waals surface area contributed by atoms with Crippen molar-refractivity contribution in [3.05, 3.63) is 30.1 Å². The Kier molecular flexibility index (Phi) is 2.57. The summed E-state index contributed by atoms with van der Waals surface area (Å²) in [6.45, 7) is 3.89. The fourth-order valence-electron chi connectivity index (χ4n) is 3.42. The van der Waals surface area contributed by atoms with Crippen molar-refractivity contribution in [1.82, 2.24) is 20.2 Å². The number of nitrogens with zero attached hydrogens (tertiary/aromatic N) is 2. The second kappa shape index (κ2) is 4.31. The van der Waals surface area contributed by atoms with Gasteiger partial charge in [0.1, 0.15) is 5.69 Å². The van der Waals surface area contributed by atoms with E-state index in [9.17, 15) is 4.79 Å². The van der Waals surface area contributed by atoms with Crippen LogP contribution in [0.1, 0.15) is 23.3 Å². The minimum absolute atomic E-state index is 0.0595. The fraction of sp³-hybridized carbons (Fsp3) is 0.467. The third-order valence-corrected chi connectivity index (χ3v) is 4.52. The molecule has 20 heavy (non-hydrogen) atoms. The van der Waals surface area contributed by atoms with E-state index in [1.165, 1.54) is 12.8 Å². The zero-order valence-electron chi connectivity index (χ0n) is 11.4. The molecule has 0 atom stereocenters. The molecule has 0 aromatic carbocycles. The van der Waals surface area contributed by atoms with E-state index in [4.69, 9.17) is 0 Å². The van der Waals surface area contributed by atoms with E-state index in [1.807, 2.05) is 29.3 Å². The number of carbonyl (C=O) groups is 1. The maximum Gasteiger partial charge on any atom is 0.272 e. The molecule has 0 unspecified atom stereocenters. The summed E-state index contributed by atoms with van der Waals surface area (Å²) in [6.07, 6.45) is 4.29. The van der Waals surface area contributed by atoms with Crippen LogP contribution in [-0.4, -0.2) is 47.0 Å². The molecule has 2 fully saturated rings. The van der Waals surface area contributed by atoms with Gasteiger partial charge in [0, 0.05) is 31.2 Å². The first kappa shape index (κ1) is 11.9. The van der Waals surface area contributed by atoms with E-state index in [-0.39, 0.29) is 5.91 Å². The molecular weight excluding hydrogens is 252 g/mol. The lowest BCUT2D eigenvalue weighted by Crippen LogP contribution is -2.63. The molecule has 2 aromatic heterocycles. The summed E-state index contributed by atoms with van der Waals surface area (Å²) in [5.74, 6) is 0.0595. The number of pyridine rings is 1. The fourth-order valence-corrected chi connectivity index (χ4v) is 3.42. The highest BCUT2D eigenvalue weighted by Gasteiger charge is 2.45. The SMILES string of the molecule is O=C(c1ccc2[nH]ccc2n1)N1CC2(CCCNC2)C1. The van der Waals surface area contributed by atoms with Gasteiger partial charge in [-0.05, 0) is 37.6 Å². The van der Waals surface area contributed by atoms with E-state index in [0.29, 0.717) is 11.1 Å². The average Bonchev–Trinajstić information content (AvgIpc) is 2.92. The lowest BCUT2D eigenvalue weighted by molar-refractivity contribution is -0.00758. The van der Waals surface area contributed by atoms with Crippen LogP contribution in [0.3, 0.4) is 0 Å². The second-order valence-corrected chi connectivity index (χ2v) is 6.05. The standard InChI is InChI=1S/C15H18N4O/c20-14(13-3-2-11-12(18-13)4-7-17-11)19-9-15(10-19)5-1-6-16-8-15/h2-4,7,16-17H,1,5-6,8-10H2. The number of aromatic nitrogens is 2. The summed E-state index contributed by atoms with van der Waals surface area (Å²) in [5.41, 5.74) is 2.70. The highest BCUT2D eigenvalue weighted by Crippen LogP contribution is 2.37. The molecule has 1 amide bonds. The van der Waals surface area contributed by atoms with Crippen molar-refractivity contribution in [2.75, 3.05) is 26.2 Å². The van der Waals surface area contributed by atoms with Gasteiger partial charge in [0.15, 0.2) is 0 Å². The molecule has 0 radical (unpaired) electrons. The maximum absolute atomic E-state index is 12.5. The molecule has 0 bridgehead atoms. The van der Waals surface area contributed by atoms with Crippen molar-refractivity contribution >= 4 is 16.9 Å². The molecule has 104 valence electrons. The number of hydrogen-bond donors (Lipinski definition) is 2. The molecule has 2 N–H and O–H groups in total. The number of likely N-dealkylation sites (tertiary alicyclic amines) is 1. The van der Waals surface area contributed by atoms with Gasteiger partial charge in [-0.15, -0.1) is 0 Å². The van der Waals surface area contributed by atoms with Crippen molar-refractivity contribution in [2.24, 2.45) is 5.41 Å². The number of carbonyl (C=O) groups excluding carboxylic acids is 1. The summed E-state index contributed by atoms with van der Waals surface area (Å²) in [7, 11) is 0. The summed E-state index contributed by atoms with van der Waals surface area (Å²) < 4.78 is 0. The molecule has 2 aliphatic rings. The van der Waals surface area contributed by atoms with E-state index in [2.05, 4.69) is 15.3 Å². The van der Waals surface area contributed by atoms with E-state index >= 15 is 0 Å². The van der Waals surface area contributed by atoms with Crippen LogP contribution in [-0.2, 0) is 0 Å². The molecule has 5 heteroatoms. The highest BCUT2D eigenvalue weighted by atomic mass is 16.2. The monoisotopic (exact) mass is 270 g/mol. The Hall–Kier alpha value is -1.88. The molecule has 5 nitrogen and oxygen atoms in total. The van der Waals surface area contributed by atoms with Crippen LogP contribution in [0.4, 0.5) is 0 Å². The van der Waals surface area contributed by atoms with Crippen molar-refractivity contribution in [2.45, 2.75) is 12.8 Å². The van der Waals surface area contributed by atoms with Gasteiger partial charge in [-0.2, -0.15) is 0 Å². The predicted molar refractivity (Wildman–Crippen MR) is 76.5 cm³/mol. The molecule has 0 saturated carbocycles. The van der Waals surface area contributed by atoms with Gasteiger partial charge >= 0.3 is 0 Å². The summed E-state index contributed by atoms with van der Waals surface area (Å²) in [4.78, 5) is 21.9. The number of piperidine rings is 1. The van der Waals surface area contributed by atoms with Gasteiger partial charge in [-0.25, -0.2) is 4.98 Å². The topological polar surface area (TPSA) is 61.0 Å². The molecule has 2 saturated heterocycles. The minimum Gasteiger partial charge on any atom is -0.360 e. The number of H-pyrrole nitrogens is 1. The molecule has 1 spiro atoms. The number of rotatable bonds is 1. The van der Waals surface area contributed by atoms with Gasteiger partial charge in [0.2, 0.25) is 0 Å². The lowest BCUT2D eigenvalue weighted by atomic mass is 9.74. The minimum atomic E-state index is 0.0595. The summed E-state index contributed by atoms with van der Waals surface area (Å²) in [5, 5.41) is 3.44. The van der Waals surface area contributed by atoms with Crippen LogP contribution in [0.5, 0.6) is 0 Å². The predicted octanol–water partition coefficient (Wildman–Crippen LogP) is 1.39. The Balaban J connectivity index is 1.50. The number of fused-ring (bicyclic) bond motifs is 1. The van der Waals surface area contributed by atoms with Crippen LogP contribution in [0.15, 0.2) is 24.4 Å². The first-order valence-corrected chi connectivity index (χ1v) is 7.20. The molecule has 0 aliphatic carbocycles. The van der Waals surface area contributed by atoms with Gasteiger partial charge in [0.25, 0.3) is 5.91 Å². The van der Waals surface area contributed by atoms with Gasteiger partial charge in [-0.1, -0.05) is 0 Å². The van der Waals surface area contributed by atoms with Crippen molar-refractivity contribution in [3.63, 3.8) is 0 Å². The van der Waals surface area contributed by atoms with Crippen molar-refractivity contribution in [3.8, 4) is 0 Å². The Morgan fingerprint density at radius 1 is 1.30 bits per heavy atom. The zero-order valence-corrected chi connectivity index (χ0v) is 11.4. The quantitative estimate of drug-likeness (QED) is 0.823. The number of amides is 1. The highest BCUT2D eigenvalue weighted by molar-refractivity contribution is 5.95. The van der Waals surface area contributed by atoms with Crippen LogP contribution in [0.2, 0.25) is 0 Å². The van der Waals surface area contributed by atoms with Gasteiger partial charge in [0.05, 0.1) is 11.0 Å². The van der Waals surface area contributed by atoms with Gasteiger partial charge in [-0.3, -0.25) is 4.79 Å². The number of aromatic amines is 1. The molecule has 4 rings (SSSR count). The number of hydrogen-bond acceptors (Lipinski definition) is 3. The Morgan fingerprint density at radius 2 is 2.20 bits per heavy atom.